The molecule has 0 unspecified atom stereocenters. The molecular formula is C13H16ClN3O. The van der Waals surface area contributed by atoms with E-state index in [0.717, 1.165) is 0 Å². The summed E-state index contributed by atoms with van der Waals surface area (Å²) in [5.74, 6) is -0.193. The summed E-state index contributed by atoms with van der Waals surface area (Å²) in [5.41, 5.74) is 0.783. The molecule has 96 valence electrons. The molecule has 1 aromatic carbocycles. The van der Waals surface area contributed by atoms with Gasteiger partial charge >= 0.3 is 0 Å². The molecule has 0 radical (unpaired) electrons. The first-order valence-corrected chi connectivity index (χ1v) is 5.94. The van der Waals surface area contributed by atoms with E-state index in [1.807, 2.05) is 26.8 Å². The van der Waals surface area contributed by atoms with E-state index in [1.165, 1.54) is 0 Å². The van der Waals surface area contributed by atoms with Gasteiger partial charge in [-0.05, 0) is 39.0 Å². The molecule has 18 heavy (non-hydrogen) atoms. The Hall–Kier alpha value is -1.57. The topological polar surface area (TPSA) is 64.9 Å². The first kappa shape index (κ1) is 14.5. The van der Waals surface area contributed by atoms with E-state index >= 15 is 0 Å². The first-order chi connectivity index (χ1) is 8.31. The Bertz CT molecular complexity index is 486. The van der Waals surface area contributed by atoms with E-state index in [9.17, 15) is 4.79 Å². The molecule has 0 aliphatic rings. The van der Waals surface area contributed by atoms with Crippen LogP contribution in [0.15, 0.2) is 18.2 Å². The number of amides is 1. The average Bonchev–Trinajstić information content (AvgIpc) is 2.28. The smallest absolute Gasteiger partial charge is 0.238 e. The van der Waals surface area contributed by atoms with Crippen LogP contribution in [0.5, 0.6) is 0 Å². The minimum absolute atomic E-state index is 0.129. The number of carbonyl (C=O) groups is 1. The van der Waals surface area contributed by atoms with Gasteiger partial charge in [-0.2, -0.15) is 5.26 Å². The Labute approximate surface area is 112 Å². The van der Waals surface area contributed by atoms with Crippen LogP contribution in [0.1, 0.15) is 26.3 Å². The summed E-state index contributed by atoms with van der Waals surface area (Å²) in [5, 5.41) is 14.9. The van der Waals surface area contributed by atoms with Crippen molar-refractivity contribution >= 4 is 23.2 Å². The molecule has 0 aromatic heterocycles. The van der Waals surface area contributed by atoms with Gasteiger partial charge in [0, 0.05) is 5.54 Å². The number of hydrogen-bond donors (Lipinski definition) is 2. The lowest BCUT2D eigenvalue weighted by Crippen LogP contribution is -2.41. The largest absolute Gasteiger partial charge is 0.324 e. The average molecular weight is 266 g/mol. The van der Waals surface area contributed by atoms with Gasteiger partial charge in [0.25, 0.3) is 0 Å². The lowest BCUT2D eigenvalue weighted by molar-refractivity contribution is -0.115. The summed E-state index contributed by atoms with van der Waals surface area (Å²) in [6.07, 6.45) is 0. The van der Waals surface area contributed by atoms with E-state index in [0.29, 0.717) is 16.3 Å². The maximum Gasteiger partial charge on any atom is 0.238 e. The van der Waals surface area contributed by atoms with Gasteiger partial charge in [0.15, 0.2) is 0 Å². The van der Waals surface area contributed by atoms with Crippen LogP contribution in [0, 0.1) is 11.3 Å². The minimum atomic E-state index is -0.193. The quantitative estimate of drug-likeness (QED) is 0.883. The van der Waals surface area contributed by atoms with Crippen LogP contribution in [0.25, 0.3) is 0 Å². The Kier molecular flexibility index (Phi) is 4.71. The summed E-state index contributed by atoms with van der Waals surface area (Å²) in [6.45, 7) is 6.12. The Morgan fingerprint density at radius 3 is 2.67 bits per heavy atom. The van der Waals surface area contributed by atoms with Crippen molar-refractivity contribution < 1.29 is 4.79 Å². The Morgan fingerprint density at radius 2 is 2.11 bits per heavy atom. The standard InChI is InChI=1S/C13H16ClN3O/c1-13(2,3)16-8-12(18)17-11-6-9(7-15)4-5-10(11)14/h4-6,16H,8H2,1-3H3,(H,17,18). The minimum Gasteiger partial charge on any atom is -0.324 e. The molecular weight excluding hydrogens is 250 g/mol. The van der Waals surface area contributed by atoms with Crippen molar-refractivity contribution in [2.45, 2.75) is 26.3 Å². The predicted octanol–water partition coefficient (Wildman–Crippen LogP) is 2.54. The molecule has 0 spiro atoms. The Morgan fingerprint density at radius 1 is 1.44 bits per heavy atom. The number of anilines is 1. The fourth-order valence-corrected chi connectivity index (χ4v) is 1.40. The van der Waals surface area contributed by atoms with Crippen molar-refractivity contribution in [1.82, 2.24) is 5.32 Å². The second-order valence-electron chi connectivity index (χ2n) is 4.96. The van der Waals surface area contributed by atoms with Gasteiger partial charge in [0.2, 0.25) is 5.91 Å². The van der Waals surface area contributed by atoms with Gasteiger partial charge in [-0.1, -0.05) is 11.6 Å². The number of hydrogen-bond acceptors (Lipinski definition) is 3. The number of nitrogens with one attached hydrogen (secondary N) is 2. The fraction of sp³-hybridized carbons (Fsp3) is 0.385. The molecule has 1 amide bonds. The van der Waals surface area contributed by atoms with Gasteiger partial charge in [-0.3, -0.25) is 4.79 Å². The zero-order valence-corrected chi connectivity index (χ0v) is 11.4. The number of nitrogens with zero attached hydrogens (tertiary/aromatic N) is 1. The van der Waals surface area contributed by atoms with Crippen LogP contribution < -0.4 is 10.6 Å². The van der Waals surface area contributed by atoms with Crippen LogP contribution in [0.4, 0.5) is 5.69 Å². The van der Waals surface area contributed by atoms with Crippen molar-refractivity contribution in [3.05, 3.63) is 28.8 Å². The highest BCUT2D eigenvalue weighted by atomic mass is 35.5. The van der Waals surface area contributed by atoms with Gasteiger partial charge < -0.3 is 10.6 Å². The molecule has 0 atom stereocenters. The third kappa shape index (κ3) is 4.74. The van der Waals surface area contributed by atoms with Crippen molar-refractivity contribution in [1.29, 1.82) is 5.26 Å². The lowest BCUT2D eigenvalue weighted by atomic mass is 10.1. The van der Waals surface area contributed by atoms with Crippen molar-refractivity contribution in [2.24, 2.45) is 0 Å². The maximum atomic E-state index is 11.7. The van der Waals surface area contributed by atoms with Gasteiger partial charge in [-0.25, -0.2) is 0 Å². The molecule has 1 aromatic rings. The molecule has 5 heteroatoms. The molecule has 0 aliphatic heterocycles. The van der Waals surface area contributed by atoms with Gasteiger partial charge in [-0.15, -0.1) is 0 Å². The summed E-state index contributed by atoms with van der Waals surface area (Å²) < 4.78 is 0. The van der Waals surface area contributed by atoms with Gasteiger partial charge in [0.05, 0.1) is 28.9 Å². The highest BCUT2D eigenvalue weighted by Gasteiger charge is 2.12. The van der Waals surface area contributed by atoms with Crippen LogP contribution in [0.2, 0.25) is 5.02 Å². The molecule has 0 bridgehead atoms. The molecule has 1 rings (SSSR count). The van der Waals surface area contributed by atoms with Crippen molar-refractivity contribution in [3.8, 4) is 6.07 Å². The number of carbonyl (C=O) groups excluding carboxylic acids is 1. The van der Waals surface area contributed by atoms with E-state index in [-0.39, 0.29) is 18.0 Å². The first-order valence-electron chi connectivity index (χ1n) is 5.56. The second kappa shape index (κ2) is 5.85. The van der Waals surface area contributed by atoms with Crippen molar-refractivity contribution in [2.75, 3.05) is 11.9 Å². The monoisotopic (exact) mass is 265 g/mol. The predicted molar refractivity (Wildman–Crippen MR) is 72.6 cm³/mol. The molecule has 0 aliphatic carbocycles. The van der Waals surface area contributed by atoms with Crippen LogP contribution >= 0.6 is 11.6 Å². The zero-order chi connectivity index (χ0) is 13.8. The summed E-state index contributed by atoms with van der Waals surface area (Å²) >= 11 is 5.94. The van der Waals surface area contributed by atoms with Gasteiger partial charge in [0.1, 0.15) is 0 Å². The summed E-state index contributed by atoms with van der Waals surface area (Å²) in [7, 11) is 0. The SMILES string of the molecule is CC(C)(C)NCC(=O)Nc1cc(C#N)ccc1Cl. The molecule has 4 nitrogen and oxygen atoms in total. The Balaban J connectivity index is 2.68. The van der Waals surface area contributed by atoms with E-state index in [2.05, 4.69) is 10.6 Å². The molecule has 2 N–H and O–H groups in total. The molecule has 0 saturated carbocycles. The maximum absolute atomic E-state index is 11.7. The lowest BCUT2D eigenvalue weighted by Gasteiger charge is -2.20. The van der Waals surface area contributed by atoms with Crippen LogP contribution in [0.3, 0.4) is 0 Å². The number of nitriles is 1. The van der Waals surface area contributed by atoms with E-state index in [4.69, 9.17) is 16.9 Å². The van der Waals surface area contributed by atoms with E-state index < -0.39 is 0 Å². The normalized spacial score (nSPS) is 10.8. The highest BCUT2D eigenvalue weighted by molar-refractivity contribution is 6.33. The third-order valence-electron chi connectivity index (χ3n) is 2.15. The number of halogens is 1. The van der Waals surface area contributed by atoms with Crippen LogP contribution in [-0.2, 0) is 4.79 Å². The van der Waals surface area contributed by atoms with Crippen molar-refractivity contribution in [3.63, 3.8) is 0 Å². The fourth-order valence-electron chi connectivity index (χ4n) is 1.23. The summed E-state index contributed by atoms with van der Waals surface area (Å²) in [4.78, 5) is 11.7. The molecule has 0 fully saturated rings. The third-order valence-corrected chi connectivity index (χ3v) is 2.48. The zero-order valence-electron chi connectivity index (χ0n) is 10.7. The van der Waals surface area contributed by atoms with Crippen LogP contribution in [-0.4, -0.2) is 18.0 Å². The van der Waals surface area contributed by atoms with E-state index in [1.54, 1.807) is 18.2 Å². The number of benzene rings is 1. The second-order valence-corrected chi connectivity index (χ2v) is 5.37. The number of rotatable bonds is 3. The molecule has 0 saturated heterocycles. The summed E-state index contributed by atoms with van der Waals surface area (Å²) in [6, 6.07) is 6.74. The molecule has 0 heterocycles. The highest BCUT2D eigenvalue weighted by Crippen LogP contribution is 2.22.